The standard InChI is InChI=1S/C34H46O6/c1-22(2)19-38-29(35)32(3,4)20-34(7,31(37)40-28-17-23-12-13-26(28)16-23)21-33(5,6)30(36)39-27-15-14-24-10-8-9-11-25(24)18-27/h8-11,14-15,18,22-23,26,28H,12-13,16-17,19-21H2,1-7H3. The minimum atomic E-state index is -1.10. The van der Waals surface area contributed by atoms with Crippen molar-refractivity contribution in [3.05, 3.63) is 42.5 Å². The maximum absolute atomic E-state index is 13.9. The molecule has 0 aliphatic heterocycles. The summed E-state index contributed by atoms with van der Waals surface area (Å²) in [5, 5.41) is 2.04. The summed E-state index contributed by atoms with van der Waals surface area (Å²) in [7, 11) is 0. The second-order valence-electron chi connectivity index (χ2n) is 14.2. The Morgan fingerprint density at radius 3 is 2.08 bits per heavy atom. The minimum absolute atomic E-state index is 0.0887. The molecule has 2 saturated carbocycles. The summed E-state index contributed by atoms with van der Waals surface area (Å²) in [5.74, 6) is 0.580. The third-order valence-corrected chi connectivity index (χ3v) is 8.67. The van der Waals surface area contributed by atoms with Crippen molar-refractivity contribution < 1.29 is 28.6 Å². The molecule has 4 unspecified atom stereocenters. The molecule has 2 aliphatic rings. The summed E-state index contributed by atoms with van der Waals surface area (Å²) in [6.07, 6.45) is 4.60. The molecule has 40 heavy (non-hydrogen) atoms. The number of fused-ring (bicyclic) bond motifs is 3. The first kappa shape index (κ1) is 30.1. The first-order valence-corrected chi connectivity index (χ1v) is 14.8. The summed E-state index contributed by atoms with van der Waals surface area (Å²) < 4.78 is 17.6. The largest absolute Gasteiger partial charge is 0.465 e. The van der Waals surface area contributed by atoms with Crippen LogP contribution in [0.1, 0.15) is 87.0 Å². The lowest BCUT2D eigenvalue weighted by Gasteiger charge is -2.39. The molecule has 4 rings (SSSR count). The number of ether oxygens (including phenoxy) is 3. The minimum Gasteiger partial charge on any atom is -0.465 e. The van der Waals surface area contributed by atoms with Gasteiger partial charge in [-0.2, -0.15) is 0 Å². The topological polar surface area (TPSA) is 78.9 Å². The maximum atomic E-state index is 13.9. The molecule has 0 N–H and O–H groups in total. The molecule has 0 aromatic heterocycles. The third kappa shape index (κ3) is 6.87. The van der Waals surface area contributed by atoms with Crippen molar-refractivity contribution >= 4 is 28.7 Å². The number of carbonyl (C=O) groups excluding carboxylic acids is 3. The van der Waals surface area contributed by atoms with Crippen LogP contribution in [0, 0.1) is 34.0 Å². The summed E-state index contributed by atoms with van der Waals surface area (Å²) in [6, 6.07) is 13.4. The van der Waals surface area contributed by atoms with Crippen molar-refractivity contribution in [3.63, 3.8) is 0 Å². The molecule has 0 amide bonds. The van der Waals surface area contributed by atoms with E-state index in [1.54, 1.807) is 33.8 Å². The molecule has 2 aliphatic carbocycles. The Labute approximate surface area is 239 Å². The van der Waals surface area contributed by atoms with Crippen molar-refractivity contribution in [1.82, 2.24) is 0 Å². The molecule has 0 radical (unpaired) electrons. The normalized spacial score (nSPS) is 22.2. The lowest BCUT2D eigenvalue weighted by Crippen LogP contribution is -2.45. The molecule has 2 bridgehead atoms. The highest BCUT2D eigenvalue weighted by Gasteiger charge is 2.51. The van der Waals surface area contributed by atoms with Gasteiger partial charge >= 0.3 is 17.9 Å². The molecule has 0 spiro atoms. The number of hydrogen-bond donors (Lipinski definition) is 0. The van der Waals surface area contributed by atoms with Gasteiger partial charge in [0.25, 0.3) is 0 Å². The molecule has 0 saturated heterocycles. The predicted octanol–water partition coefficient (Wildman–Crippen LogP) is 7.52. The van der Waals surface area contributed by atoms with E-state index in [4.69, 9.17) is 14.2 Å². The van der Waals surface area contributed by atoms with E-state index in [0.717, 1.165) is 30.0 Å². The fourth-order valence-electron chi connectivity index (χ4n) is 6.83. The Hall–Kier alpha value is -2.89. The highest BCUT2D eigenvalue weighted by Crippen LogP contribution is 2.49. The number of benzene rings is 2. The van der Waals surface area contributed by atoms with E-state index < -0.39 is 22.2 Å². The summed E-state index contributed by atoms with van der Waals surface area (Å²) in [6.45, 7) is 13.3. The van der Waals surface area contributed by atoms with Crippen molar-refractivity contribution in [2.24, 2.45) is 34.0 Å². The van der Waals surface area contributed by atoms with Gasteiger partial charge < -0.3 is 14.2 Å². The van der Waals surface area contributed by atoms with Crippen LogP contribution in [0.25, 0.3) is 10.8 Å². The van der Waals surface area contributed by atoms with Gasteiger partial charge in [-0.25, -0.2) is 0 Å². The molecule has 2 aromatic rings. The van der Waals surface area contributed by atoms with Gasteiger partial charge in [0.2, 0.25) is 0 Å². The highest BCUT2D eigenvalue weighted by atomic mass is 16.6. The third-order valence-electron chi connectivity index (χ3n) is 8.67. The number of esters is 3. The first-order valence-electron chi connectivity index (χ1n) is 14.8. The second kappa shape index (κ2) is 11.5. The first-order chi connectivity index (χ1) is 18.7. The van der Waals surface area contributed by atoms with Crippen molar-refractivity contribution in [1.29, 1.82) is 0 Å². The molecular weight excluding hydrogens is 504 g/mol. The van der Waals surface area contributed by atoms with E-state index >= 15 is 0 Å². The van der Waals surface area contributed by atoms with Crippen molar-refractivity contribution in [3.8, 4) is 5.75 Å². The Morgan fingerprint density at radius 1 is 0.825 bits per heavy atom. The molecule has 6 heteroatoms. The quantitative estimate of drug-likeness (QED) is 0.213. The van der Waals surface area contributed by atoms with Crippen LogP contribution < -0.4 is 4.74 Å². The summed E-state index contributed by atoms with van der Waals surface area (Å²) in [4.78, 5) is 40.6. The lowest BCUT2D eigenvalue weighted by molar-refractivity contribution is -0.172. The molecular formula is C34H46O6. The molecule has 4 atom stereocenters. The number of carbonyl (C=O) groups is 3. The molecule has 6 nitrogen and oxygen atoms in total. The van der Waals surface area contributed by atoms with Crippen LogP contribution in [0.5, 0.6) is 5.75 Å². The van der Waals surface area contributed by atoms with E-state index in [9.17, 15) is 14.4 Å². The smallest absolute Gasteiger partial charge is 0.316 e. The van der Waals surface area contributed by atoms with E-state index in [-0.39, 0.29) is 36.8 Å². The highest BCUT2D eigenvalue weighted by molar-refractivity contribution is 5.86. The van der Waals surface area contributed by atoms with E-state index in [0.29, 0.717) is 24.2 Å². The predicted molar refractivity (Wildman–Crippen MR) is 156 cm³/mol. The zero-order valence-electron chi connectivity index (χ0n) is 25.3. The van der Waals surface area contributed by atoms with Gasteiger partial charge in [0.1, 0.15) is 11.9 Å². The Balaban J connectivity index is 1.54. The second-order valence-corrected chi connectivity index (χ2v) is 14.2. The fourth-order valence-corrected chi connectivity index (χ4v) is 6.83. The Bertz CT molecular complexity index is 1240. The zero-order valence-corrected chi connectivity index (χ0v) is 25.3. The van der Waals surface area contributed by atoms with E-state index in [1.807, 2.05) is 57.2 Å². The average molecular weight is 551 g/mol. The monoisotopic (exact) mass is 550 g/mol. The SMILES string of the molecule is CC(C)COC(=O)C(C)(C)CC(C)(CC(C)(C)C(=O)Oc1ccc2ccccc2c1)C(=O)OC1CC2CCC1C2. The van der Waals surface area contributed by atoms with Gasteiger partial charge in [0, 0.05) is 0 Å². The van der Waals surface area contributed by atoms with Crippen LogP contribution in [-0.4, -0.2) is 30.6 Å². The van der Waals surface area contributed by atoms with Gasteiger partial charge in [-0.3, -0.25) is 14.4 Å². The van der Waals surface area contributed by atoms with E-state index in [2.05, 4.69) is 0 Å². The van der Waals surface area contributed by atoms with Crippen molar-refractivity contribution in [2.45, 2.75) is 93.1 Å². The van der Waals surface area contributed by atoms with Crippen LogP contribution in [0.3, 0.4) is 0 Å². The molecule has 218 valence electrons. The van der Waals surface area contributed by atoms with E-state index in [1.165, 1.54) is 6.42 Å². The average Bonchev–Trinajstić information content (AvgIpc) is 3.50. The number of hydrogen-bond acceptors (Lipinski definition) is 6. The number of rotatable bonds is 11. The van der Waals surface area contributed by atoms with Crippen LogP contribution in [0.2, 0.25) is 0 Å². The van der Waals surface area contributed by atoms with Crippen LogP contribution in [0.4, 0.5) is 0 Å². The fraction of sp³-hybridized carbons (Fsp3) is 0.618. The van der Waals surface area contributed by atoms with Gasteiger partial charge in [-0.05, 0) is 114 Å². The Morgan fingerprint density at radius 2 is 1.48 bits per heavy atom. The summed E-state index contributed by atoms with van der Waals surface area (Å²) in [5.41, 5.74) is -3.07. The van der Waals surface area contributed by atoms with Gasteiger partial charge in [-0.1, -0.05) is 44.2 Å². The van der Waals surface area contributed by atoms with Gasteiger partial charge in [0.15, 0.2) is 0 Å². The summed E-state index contributed by atoms with van der Waals surface area (Å²) >= 11 is 0. The lowest BCUT2D eigenvalue weighted by atomic mass is 9.66. The Kier molecular flexibility index (Phi) is 8.68. The van der Waals surface area contributed by atoms with Gasteiger partial charge in [-0.15, -0.1) is 0 Å². The molecule has 0 heterocycles. The molecule has 2 aromatic carbocycles. The van der Waals surface area contributed by atoms with Crippen LogP contribution >= 0.6 is 0 Å². The zero-order chi connectivity index (χ0) is 29.3. The van der Waals surface area contributed by atoms with Crippen LogP contribution in [0.15, 0.2) is 42.5 Å². The van der Waals surface area contributed by atoms with Gasteiger partial charge in [0.05, 0.1) is 22.9 Å². The van der Waals surface area contributed by atoms with Crippen LogP contribution in [-0.2, 0) is 23.9 Å². The molecule has 2 fully saturated rings. The maximum Gasteiger partial charge on any atom is 0.316 e. The van der Waals surface area contributed by atoms with Crippen molar-refractivity contribution in [2.75, 3.05) is 6.61 Å².